The van der Waals surface area contributed by atoms with Gasteiger partial charge in [-0.15, -0.1) is 0 Å². The predicted octanol–water partition coefficient (Wildman–Crippen LogP) is 6.75. The number of halogens is 1. The molecular weight excluding hydrogens is 776 g/mol. The van der Waals surface area contributed by atoms with E-state index in [0.717, 1.165) is 22.2 Å². The Balaban J connectivity index is 1.42. The van der Waals surface area contributed by atoms with E-state index in [4.69, 9.17) is 40.3 Å². The fraction of sp³-hybridized carbons (Fsp3) is 0.667. The Morgan fingerprint density at radius 1 is 1.08 bits per heavy atom. The predicted molar refractivity (Wildman–Crippen MR) is 226 cm³/mol. The normalized spacial score (nSPS) is 37.3. The van der Waals surface area contributed by atoms with Gasteiger partial charge in [0.1, 0.15) is 18.1 Å². The van der Waals surface area contributed by atoms with Crippen LogP contribution in [-0.2, 0) is 33.3 Å². The lowest BCUT2D eigenvalue weighted by Gasteiger charge is -2.47. The van der Waals surface area contributed by atoms with Crippen LogP contribution >= 0.6 is 11.6 Å². The monoisotopic (exact) mass is 838 g/mol. The standard InChI is InChI=1S/C45H63ClN4O9/c1-11-13-35-45(8)39-27(4)36(47-17-18-50(39)43(54)59-45)25(2)23-44(7,55-19-12-14-30-21-31-22-32(46)15-16-33(31)48-24-30)40(28(5)37(51)29(6)41(53)57-35)58-42-38(52)34(49(9)10)20-26(3)56-42/h12,14-16,21-22,24-29,34-35,38-40,42,52H,11,13,17-20,23H2,1-10H3/b14-12+/t25-,26+,27-,28+,29-,34-,35+,38?,39-,40-,42-,44+,45-/m1/s1. The SMILES string of the molecule is CCC[C@@H]1OC(=O)[C@H](C)C(=O)[C@H](C)[C@@H](O[C@H]2O[C@@H](C)C[C@@H](N(C)C)C2O)[C@@](C)(OC/C=C/c2cnc3ccc(Cl)cc3c2)C[C@@H](C)C2=NCCN3C(=O)O[C@@]1(C)[C@H]3[C@@H]2C. The highest BCUT2D eigenvalue weighted by atomic mass is 35.5. The van der Waals surface area contributed by atoms with Gasteiger partial charge in [0, 0.05) is 46.7 Å². The number of aliphatic imine (C=N–C) groups is 1. The number of esters is 1. The van der Waals surface area contributed by atoms with Crippen molar-refractivity contribution < 1.29 is 43.2 Å². The molecule has 13 atom stereocenters. The Bertz CT molecular complexity index is 1930. The van der Waals surface area contributed by atoms with E-state index in [-0.39, 0.29) is 30.6 Å². The van der Waals surface area contributed by atoms with Crippen LogP contribution in [0.5, 0.6) is 0 Å². The molecule has 59 heavy (non-hydrogen) atoms. The molecule has 4 aliphatic heterocycles. The van der Waals surface area contributed by atoms with Crippen LogP contribution in [0.1, 0.15) is 86.6 Å². The van der Waals surface area contributed by atoms with Gasteiger partial charge >= 0.3 is 12.1 Å². The summed E-state index contributed by atoms with van der Waals surface area (Å²) in [6.07, 6.45) is 2.92. The molecule has 3 saturated heterocycles. The van der Waals surface area contributed by atoms with Crippen molar-refractivity contribution in [2.24, 2.45) is 28.7 Å². The fourth-order valence-corrected chi connectivity index (χ4v) is 10.2. The molecular formula is C45H63ClN4O9. The number of aliphatic hydroxyl groups excluding tert-OH is 1. The van der Waals surface area contributed by atoms with E-state index in [1.807, 2.05) is 77.0 Å². The van der Waals surface area contributed by atoms with Crippen molar-refractivity contribution in [1.29, 1.82) is 0 Å². The highest BCUT2D eigenvalue weighted by Crippen LogP contribution is 2.44. The van der Waals surface area contributed by atoms with Gasteiger partial charge in [-0.2, -0.15) is 0 Å². The lowest BCUT2D eigenvalue weighted by Crippen LogP contribution is -2.60. The van der Waals surface area contributed by atoms with E-state index < -0.39 is 71.5 Å². The van der Waals surface area contributed by atoms with Crippen LogP contribution in [0, 0.1) is 23.7 Å². The minimum atomic E-state index is -1.22. The second kappa shape index (κ2) is 18.3. The number of benzene rings is 1. The Labute approximate surface area is 353 Å². The van der Waals surface area contributed by atoms with Crippen molar-refractivity contribution in [3.63, 3.8) is 0 Å². The number of ketones is 1. The smallest absolute Gasteiger partial charge is 0.410 e. The summed E-state index contributed by atoms with van der Waals surface area (Å²) in [5, 5.41) is 13.2. The Hall–Kier alpha value is -3.46. The number of ether oxygens (including phenoxy) is 5. The number of fused-ring (bicyclic) bond motifs is 2. The number of cyclic esters (lactones) is 1. The number of carbonyl (C=O) groups is 3. The van der Waals surface area contributed by atoms with Gasteiger partial charge in [-0.05, 0) is 96.8 Å². The van der Waals surface area contributed by atoms with Gasteiger partial charge in [-0.25, -0.2) is 4.79 Å². The van der Waals surface area contributed by atoms with Crippen molar-refractivity contribution in [3.05, 3.63) is 47.1 Å². The van der Waals surface area contributed by atoms with E-state index in [9.17, 15) is 19.5 Å². The summed E-state index contributed by atoms with van der Waals surface area (Å²) in [5.41, 5.74) is 0.130. The minimum Gasteiger partial charge on any atom is -0.457 e. The highest BCUT2D eigenvalue weighted by Gasteiger charge is 2.60. The first kappa shape index (κ1) is 45.1. The van der Waals surface area contributed by atoms with Crippen LogP contribution in [0.4, 0.5) is 4.79 Å². The van der Waals surface area contributed by atoms with E-state index >= 15 is 0 Å². The van der Waals surface area contributed by atoms with Crippen LogP contribution in [0.2, 0.25) is 5.02 Å². The Morgan fingerprint density at radius 3 is 2.54 bits per heavy atom. The molecule has 1 aromatic heterocycles. The van der Waals surface area contributed by atoms with Crippen molar-refractivity contribution in [3.8, 4) is 0 Å². The van der Waals surface area contributed by atoms with Crippen LogP contribution in [0.3, 0.4) is 0 Å². The van der Waals surface area contributed by atoms with Gasteiger partial charge in [-0.1, -0.05) is 57.9 Å². The van der Waals surface area contributed by atoms with Crippen molar-refractivity contribution in [1.82, 2.24) is 14.8 Å². The molecule has 14 heteroatoms. The largest absolute Gasteiger partial charge is 0.457 e. The first-order valence-corrected chi connectivity index (χ1v) is 21.6. The molecule has 1 amide bonds. The topological polar surface area (TPSA) is 149 Å². The second-order valence-corrected chi connectivity index (χ2v) is 18.2. The van der Waals surface area contributed by atoms with Crippen LogP contribution in [-0.4, -0.2) is 131 Å². The molecule has 0 radical (unpaired) electrons. The van der Waals surface area contributed by atoms with E-state index in [1.165, 1.54) is 0 Å². The molecule has 13 nitrogen and oxygen atoms in total. The van der Waals surface area contributed by atoms with Gasteiger partial charge in [0.15, 0.2) is 17.7 Å². The lowest BCUT2D eigenvalue weighted by molar-refractivity contribution is -0.296. The minimum absolute atomic E-state index is 0.123. The van der Waals surface area contributed by atoms with Crippen LogP contribution in [0.15, 0.2) is 41.5 Å². The molecule has 0 saturated carbocycles. The average molecular weight is 839 g/mol. The highest BCUT2D eigenvalue weighted by molar-refractivity contribution is 6.31. The van der Waals surface area contributed by atoms with Gasteiger partial charge < -0.3 is 33.7 Å². The maximum Gasteiger partial charge on any atom is 0.410 e. The number of amides is 1. The maximum absolute atomic E-state index is 14.7. The summed E-state index contributed by atoms with van der Waals surface area (Å²) in [7, 11) is 3.81. The van der Waals surface area contributed by atoms with Gasteiger partial charge in [0.2, 0.25) is 0 Å². The molecule has 1 aromatic carbocycles. The third-order valence-electron chi connectivity index (χ3n) is 13.0. The van der Waals surface area contributed by atoms with E-state index in [1.54, 1.807) is 31.0 Å². The first-order valence-electron chi connectivity index (χ1n) is 21.2. The molecule has 6 rings (SSSR count). The Morgan fingerprint density at radius 2 is 1.83 bits per heavy atom. The summed E-state index contributed by atoms with van der Waals surface area (Å²) in [6.45, 7) is 15.9. The third-order valence-corrected chi connectivity index (χ3v) is 13.3. The number of aromatic nitrogens is 1. The number of rotatable bonds is 9. The summed E-state index contributed by atoms with van der Waals surface area (Å²) < 4.78 is 32.6. The molecule has 1 unspecified atom stereocenters. The van der Waals surface area contributed by atoms with Gasteiger partial charge in [0.05, 0.1) is 42.5 Å². The lowest BCUT2D eigenvalue weighted by atomic mass is 9.73. The molecule has 4 aliphatic rings. The molecule has 324 valence electrons. The summed E-state index contributed by atoms with van der Waals surface area (Å²) in [4.78, 5) is 55.7. The molecule has 0 spiro atoms. The average Bonchev–Trinajstić information content (AvgIpc) is 3.31. The first-order chi connectivity index (χ1) is 27.9. The van der Waals surface area contributed by atoms with Crippen LogP contribution in [0.25, 0.3) is 17.0 Å². The number of nitrogens with zero attached hydrogens (tertiary/aromatic N) is 4. The number of aliphatic hydroxyl groups is 1. The zero-order valence-electron chi connectivity index (χ0n) is 36.2. The molecule has 2 bridgehead atoms. The molecule has 5 heterocycles. The second-order valence-electron chi connectivity index (χ2n) is 17.8. The van der Waals surface area contributed by atoms with Crippen LogP contribution < -0.4 is 0 Å². The van der Waals surface area contributed by atoms with E-state index in [2.05, 4.69) is 18.8 Å². The number of likely N-dealkylation sites (N-methyl/N-ethyl adjacent to an activating group) is 1. The number of Topliss-reactive ketones (excluding diaryl/α,β-unsaturated/α-hetero) is 1. The third kappa shape index (κ3) is 9.26. The van der Waals surface area contributed by atoms with Crippen molar-refractivity contribution in [2.75, 3.05) is 33.8 Å². The molecule has 0 aliphatic carbocycles. The van der Waals surface area contributed by atoms with E-state index in [0.29, 0.717) is 43.8 Å². The van der Waals surface area contributed by atoms with Gasteiger partial charge in [-0.3, -0.25) is 24.5 Å². The summed E-state index contributed by atoms with van der Waals surface area (Å²) in [5.74, 6) is -3.76. The quantitative estimate of drug-likeness (QED) is 0.211. The maximum atomic E-state index is 14.7. The van der Waals surface area contributed by atoms with Gasteiger partial charge in [0.25, 0.3) is 0 Å². The fourth-order valence-electron chi connectivity index (χ4n) is 10.00. The number of hydrogen-bond acceptors (Lipinski definition) is 12. The number of pyridine rings is 1. The molecule has 2 aromatic rings. The zero-order chi connectivity index (χ0) is 43.0. The molecule has 3 fully saturated rings. The zero-order valence-corrected chi connectivity index (χ0v) is 37.0. The Kier molecular flexibility index (Phi) is 13.9. The summed E-state index contributed by atoms with van der Waals surface area (Å²) in [6, 6.07) is 6.79. The van der Waals surface area contributed by atoms with Crippen molar-refractivity contribution in [2.45, 2.75) is 135 Å². The number of hydrogen-bond donors (Lipinski definition) is 1. The molecule has 1 N–H and O–H groups in total. The number of carbonyl (C=O) groups excluding carboxylic acids is 3. The van der Waals surface area contributed by atoms with Crippen molar-refractivity contribution >= 4 is 52.1 Å². The summed E-state index contributed by atoms with van der Waals surface area (Å²) >= 11 is 6.27.